The van der Waals surface area contributed by atoms with Gasteiger partial charge in [-0.05, 0) is 13.8 Å². The zero-order chi connectivity index (χ0) is 11.6. The van der Waals surface area contributed by atoms with Gasteiger partial charge in [-0.15, -0.1) is 0 Å². The van der Waals surface area contributed by atoms with Crippen LogP contribution in [0, 0.1) is 10.1 Å². The van der Waals surface area contributed by atoms with Gasteiger partial charge in [0.15, 0.2) is 5.70 Å². The van der Waals surface area contributed by atoms with Crippen molar-refractivity contribution in [3.63, 3.8) is 0 Å². The molecule has 0 bridgehead atoms. The van der Waals surface area contributed by atoms with Crippen LogP contribution in [-0.4, -0.2) is 35.4 Å². The van der Waals surface area contributed by atoms with Gasteiger partial charge in [-0.2, -0.15) is 0 Å². The van der Waals surface area contributed by atoms with Gasteiger partial charge in [0.25, 0.3) is 11.6 Å². The number of carbonyl (C=O) groups excluding carboxylic acids is 1. The first kappa shape index (κ1) is 11.4. The van der Waals surface area contributed by atoms with Crippen molar-refractivity contribution in [3.05, 3.63) is 21.5 Å². The summed E-state index contributed by atoms with van der Waals surface area (Å²) in [6, 6.07) is -0.0522. The van der Waals surface area contributed by atoms with Gasteiger partial charge in [-0.1, -0.05) is 0 Å². The number of hydrazine groups is 1. The molecule has 1 aliphatic heterocycles. The molecule has 0 aliphatic carbocycles. The van der Waals surface area contributed by atoms with Gasteiger partial charge in [-0.25, -0.2) is 5.43 Å². The van der Waals surface area contributed by atoms with Crippen molar-refractivity contribution in [2.45, 2.75) is 19.9 Å². The van der Waals surface area contributed by atoms with E-state index in [-0.39, 0.29) is 29.9 Å². The Bertz CT molecular complexity index is 324. The monoisotopic (exact) mass is 214 g/mol. The minimum Gasteiger partial charge on any atom is -0.324 e. The van der Waals surface area contributed by atoms with Crippen LogP contribution in [-0.2, 0) is 4.79 Å². The summed E-state index contributed by atoms with van der Waals surface area (Å²) < 4.78 is 0. The number of hydrogen-bond acceptors (Lipinski definition) is 5. The maximum Gasteiger partial charge on any atom is 0.295 e. The molecule has 0 radical (unpaired) electrons. The van der Waals surface area contributed by atoms with Crippen molar-refractivity contribution in [3.8, 4) is 0 Å². The van der Waals surface area contributed by atoms with E-state index in [1.807, 2.05) is 13.8 Å². The largest absolute Gasteiger partial charge is 0.324 e. The van der Waals surface area contributed by atoms with Gasteiger partial charge >= 0.3 is 0 Å². The average molecular weight is 214 g/mol. The summed E-state index contributed by atoms with van der Waals surface area (Å²) in [7, 11) is 1.55. The molecule has 0 spiro atoms. The molecule has 0 saturated carbocycles. The Morgan fingerprint density at radius 2 is 2.13 bits per heavy atom. The van der Waals surface area contributed by atoms with Crippen LogP contribution >= 0.6 is 0 Å². The van der Waals surface area contributed by atoms with E-state index in [4.69, 9.17) is 0 Å². The first-order valence-electron chi connectivity index (χ1n) is 4.60. The lowest BCUT2D eigenvalue weighted by Gasteiger charge is -2.19. The second kappa shape index (κ2) is 4.26. The standard InChI is InChI=1S/C8H14N4O3/c1-5(2)11-4-6(12(14)15)7(8(11)13)10-9-3/h5,9-10H,4H2,1-3H3. The van der Waals surface area contributed by atoms with E-state index < -0.39 is 4.92 Å². The summed E-state index contributed by atoms with van der Waals surface area (Å²) in [6.45, 7) is 3.68. The Kier molecular flexibility index (Phi) is 3.25. The molecule has 0 saturated heterocycles. The van der Waals surface area contributed by atoms with Crippen molar-refractivity contribution >= 4 is 5.91 Å². The number of amides is 1. The van der Waals surface area contributed by atoms with Gasteiger partial charge in [-0.3, -0.25) is 14.9 Å². The molecule has 0 aromatic heterocycles. The summed E-state index contributed by atoms with van der Waals surface area (Å²) >= 11 is 0. The highest BCUT2D eigenvalue weighted by Gasteiger charge is 2.38. The molecule has 7 heteroatoms. The molecule has 1 aliphatic rings. The third-order valence-electron chi connectivity index (χ3n) is 2.18. The summed E-state index contributed by atoms with van der Waals surface area (Å²) in [5, 5.41) is 10.7. The second-order valence-electron chi connectivity index (χ2n) is 3.48. The molecule has 0 fully saturated rings. The molecular formula is C8H14N4O3. The molecule has 1 rings (SSSR count). The molecule has 84 valence electrons. The van der Waals surface area contributed by atoms with Crippen LogP contribution in [0.1, 0.15) is 13.8 Å². The Labute approximate surface area is 87.2 Å². The van der Waals surface area contributed by atoms with Gasteiger partial charge in [0.2, 0.25) is 0 Å². The Morgan fingerprint density at radius 3 is 2.53 bits per heavy atom. The Morgan fingerprint density at radius 1 is 1.53 bits per heavy atom. The van der Waals surface area contributed by atoms with Crippen molar-refractivity contribution < 1.29 is 9.72 Å². The smallest absolute Gasteiger partial charge is 0.295 e. The van der Waals surface area contributed by atoms with Crippen molar-refractivity contribution in [2.75, 3.05) is 13.6 Å². The van der Waals surface area contributed by atoms with Crippen LogP contribution in [0.2, 0.25) is 0 Å². The van der Waals surface area contributed by atoms with Crippen LogP contribution in [0.4, 0.5) is 0 Å². The quantitative estimate of drug-likeness (QED) is 0.484. The molecule has 1 heterocycles. The fourth-order valence-electron chi connectivity index (χ4n) is 1.40. The van der Waals surface area contributed by atoms with Crippen LogP contribution in [0.25, 0.3) is 0 Å². The zero-order valence-electron chi connectivity index (χ0n) is 8.90. The number of carbonyl (C=O) groups is 1. The predicted octanol–water partition coefficient (Wildman–Crippen LogP) is -0.551. The van der Waals surface area contributed by atoms with Crippen LogP contribution in [0.3, 0.4) is 0 Å². The summed E-state index contributed by atoms with van der Waals surface area (Å²) in [5.74, 6) is -0.342. The molecule has 15 heavy (non-hydrogen) atoms. The van der Waals surface area contributed by atoms with Crippen LogP contribution in [0.15, 0.2) is 11.4 Å². The first-order valence-corrected chi connectivity index (χ1v) is 4.60. The number of rotatable bonds is 4. The van der Waals surface area contributed by atoms with Gasteiger partial charge in [0.1, 0.15) is 6.54 Å². The van der Waals surface area contributed by atoms with Gasteiger partial charge < -0.3 is 10.3 Å². The summed E-state index contributed by atoms with van der Waals surface area (Å²) in [5.41, 5.74) is 4.96. The van der Waals surface area contributed by atoms with Gasteiger partial charge in [0, 0.05) is 13.1 Å². The topological polar surface area (TPSA) is 87.5 Å². The van der Waals surface area contributed by atoms with E-state index >= 15 is 0 Å². The van der Waals surface area contributed by atoms with E-state index in [9.17, 15) is 14.9 Å². The SMILES string of the molecule is CNNC1=C([N+](=O)[O-])CN(C(C)C)C1=O. The molecule has 0 aromatic rings. The van der Waals surface area contributed by atoms with E-state index in [0.717, 1.165) is 0 Å². The average Bonchev–Trinajstić information content (AvgIpc) is 2.45. The number of nitrogens with zero attached hydrogens (tertiary/aromatic N) is 2. The highest BCUT2D eigenvalue weighted by Crippen LogP contribution is 2.19. The van der Waals surface area contributed by atoms with Crippen molar-refractivity contribution in [2.24, 2.45) is 0 Å². The molecule has 2 N–H and O–H groups in total. The third kappa shape index (κ3) is 2.07. The summed E-state index contributed by atoms with van der Waals surface area (Å²) in [4.78, 5) is 23.3. The second-order valence-corrected chi connectivity index (χ2v) is 3.48. The van der Waals surface area contributed by atoms with Crippen molar-refractivity contribution in [1.29, 1.82) is 0 Å². The minimum absolute atomic E-state index is 0.0243. The lowest BCUT2D eigenvalue weighted by molar-refractivity contribution is -0.427. The van der Waals surface area contributed by atoms with Crippen molar-refractivity contribution in [1.82, 2.24) is 15.8 Å². The third-order valence-corrected chi connectivity index (χ3v) is 2.18. The lowest BCUT2D eigenvalue weighted by atomic mass is 10.3. The lowest BCUT2D eigenvalue weighted by Crippen LogP contribution is -2.38. The maximum atomic E-state index is 11.7. The first-order chi connectivity index (χ1) is 6.99. The fraction of sp³-hybridized carbons (Fsp3) is 0.625. The van der Waals surface area contributed by atoms with E-state index in [1.54, 1.807) is 7.05 Å². The van der Waals surface area contributed by atoms with E-state index in [1.165, 1.54) is 4.90 Å². The van der Waals surface area contributed by atoms with E-state index in [2.05, 4.69) is 10.9 Å². The molecular weight excluding hydrogens is 200 g/mol. The predicted molar refractivity (Wildman–Crippen MR) is 53.1 cm³/mol. The van der Waals surface area contributed by atoms with Crippen LogP contribution < -0.4 is 10.9 Å². The Hall–Kier alpha value is -1.63. The summed E-state index contributed by atoms with van der Waals surface area (Å²) in [6.07, 6.45) is 0. The normalized spacial score (nSPS) is 16.5. The Balaban J connectivity index is 2.97. The number of nitro groups is 1. The molecule has 0 aromatic carbocycles. The molecule has 7 nitrogen and oxygen atoms in total. The number of hydrogen-bond donors (Lipinski definition) is 2. The van der Waals surface area contributed by atoms with E-state index in [0.29, 0.717) is 0 Å². The zero-order valence-corrected chi connectivity index (χ0v) is 8.90. The molecule has 0 atom stereocenters. The highest BCUT2D eigenvalue weighted by molar-refractivity contribution is 5.96. The molecule has 1 amide bonds. The fourth-order valence-corrected chi connectivity index (χ4v) is 1.40. The number of nitrogens with one attached hydrogen (secondary N) is 2. The minimum atomic E-state index is -0.528. The molecule has 0 unspecified atom stereocenters. The maximum absolute atomic E-state index is 11.7. The van der Waals surface area contributed by atoms with Gasteiger partial charge in [0.05, 0.1) is 4.92 Å². The van der Waals surface area contributed by atoms with Crippen LogP contribution in [0.5, 0.6) is 0 Å². The highest BCUT2D eigenvalue weighted by atomic mass is 16.6.